The predicted molar refractivity (Wildman–Crippen MR) is 80.2 cm³/mol. The summed E-state index contributed by atoms with van der Waals surface area (Å²) in [6.07, 6.45) is 4.79. The molecule has 0 spiro atoms. The molecule has 1 aliphatic heterocycles. The normalized spacial score (nSPS) is 27.4. The van der Waals surface area contributed by atoms with E-state index in [0.717, 1.165) is 25.1 Å². The third-order valence-electron chi connectivity index (χ3n) is 4.55. The minimum atomic E-state index is -0.0192. The molecule has 114 valence electrons. The molecule has 1 saturated carbocycles. The number of hydrogen-bond acceptors (Lipinski definition) is 4. The van der Waals surface area contributed by atoms with E-state index in [1.165, 1.54) is 12.8 Å². The number of pyridine rings is 1. The summed E-state index contributed by atoms with van der Waals surface area (Å²) >= 11 is 0. The van der Waals surface area contributed by atoms with Crippen LogP contribution in [0.1, 0.15) is 38.3 Å². The molecule has 1 amide bonds. The van der Waals surface area contributed by atoms with Crippen LogP contribution in [0.15, 0.2) is 18.2 Å². The number of amides is 1. The molecule has 21 heavy (non-hydrogen) atoms. The van der Waals surface area contributed by atoms with Gasteiger partial charge in [-0.1, -0.05) is 6.07 Å². The summed E-state index contributed by atoms with van der Waals surface area (Å²) in [5.41, 5.74) is 0.740. The third kappa shape index (κ3) is 3.02. The zero-order valence-corrected chi connectivity index (χ0v) is 12.5. The van der Waals surface area contributed by atoms with Gasteiger partial charge in [-0.2, -0.15) is 0 Å². The lowest BCUT2D eigenvalue weighted by molar-refractivity contribution is -0.122. The van der Waals surface area contributed by atoms with E-state index < -0.39 is 0 Å². The summed E-state index contributed by atoms with van der Waals surface area (Å²) in [7, 11) is 0. The Bertz CT molecular complexity index is 508. The molecule has 1 saturated heterocycles. The van der Waals surface area contributed by atoms with Gasteiger partial charge >= 0.3 is 0 Å². The van der Waals surface area contributed by atoms with Crippen molar-refractivity contribution >= 4 is 5.91 Å². The van der Waals surface area contributed by atoms with Crippen LogP contribution < -0.4 is 15.4 Å². The molecule has 0 bridgehead atoms. The molecule has 5 nitrogen and oxygen atoms in total. The average molecular weight is 289 g/mol. The summed E-state index contributed by atoms with van der Waals surface area (Å²) in [5.74, 6) is 0.647. The second kappa shape index (κ2) is 6.02. The van der Waals surface area contributed by atoms with Gasteiger partial charge in [-0.15, -0.1) is 0 Å². The summed E-state index contributed by atoms with van der Waals surface area (Å²) in [5, 5.41) is 6.78. The van der Waals surface area contributed by atoms with Crippen molar-refractivity contribution in [2.45, 2.75) is 50.6 Å². The maximum absolute atomic E-state index is 12.4. The Balaban J connectivity index is 1.62. The second-order valence-corrected chi connectivity index (χ2v) is 5.93. The number of nitrogens with zero attached hydrogens (tertiary/aromatic N) is 1. The molecular weight excluding hydrogens is 266 g/mol. The molecule has 2 heterocycles. The molecule has 2 aliphatic rings. The number of ether oxygens (including phenoxy) is 1. The summed E-state index contributed by atoms with van der Waals surface area (Å²) in [6.45, 7) is 3.51. The number of hydrogen-bond donors (Lipinski definition) is 2. The van der Waals surface area contributed by atoms with Crippen molar-refractivity contribution < 1.29 is 9.53 Å². The highest BCUT2D eigenvalue weighted by Gasteiger charge is 2.46. The largest absolute Gasteiger partial charge is 0.478 e. The van der Waals surface area contributed by atoms with Crippen LogP contribution in [0.25, 0.3) is 0 Å². The lowest BCUT2D eigenvalue weighted by atomic mass is 9.93. The quantitative estimate of drug-likeness (QED) is 0.860. The van der Waals surface area contributed by atoms with E-state index in [9.17, 15) is 4.79 Å². The van der Waals surface area contributed by atoms with E-state index in [1.807, 2.05) is 25.1 Å². The molecule has 1 aromatic heterocycles. The van der Waals surface area contributed by atoms with Gasteiger partial charge in [-0.25, -0.2) is 4.98 Å². The summed E-state index contributed by atoms with van der Waals surface area (Å²) in [6, 6.07) is 6.02. The van der Waals surface area contributed by atoms with Gasteiger partial charge in [-0.3, -0.25) is 4.79 Å². The van der Waals surface area contributed by atoms with E-state index in [4.69, 9.17) is 4.74 Å². The molecule has 2 N–H and O–H groups in total. The van der Waals surface area contributed by atoms with Crippen LogP contribution in [0.3, 0.4) is 0 Å². The van der Waals surface area contributed by atoms with Gasteiger partial charge < -0.3 is 15.4 Å². The maximum Gasteiger partial charge on any atom is 0.226 e. The van der Waals surface area contributed by atoms with Gasteiger partial charge in [0, 0.05) is 12.1 Å². The Morgan fingerprint density at radius 2 is 2.43 bits per heavy atom. The first kappa shape index (κ1) is 14.3. The Hall–Kier alpha value is -1.62. The number of aromatic nitrogens is 1. The maximum atomic E-state index is 12.4. The van der Waals surface area contributed by atoms with E-state index in [2.05, 4.69) is 15.6 Å². The zero-order chi connectivity index (χ0) is 14.7. The Morgan fingerprint density at radius 1 is 1.52 bits per heavy atom. The average Bonchev–Trinajstić information content (AvgIpc) is 2.98. The van der Waals surface area contributed by atoms with Crippen LogP contribution >= 0.6 is 0 Å². The molecule has 3 rings (SSSR count). The van der Waals surface area contributed by atoms with Crippen molar-refractivity contribution in [1.82, 2.24) is 15.6 Å². The van der Waals surface area contributed by atoms with Crippen LogP contribution in [0.2, 0.25) is 0 Å². The van der Waals surface area contributed by atoms with Crippen molar-refractivity contribution in [3.8, 4) is 5.88 Å². The minimum Gasteiger partial charge on any atom is -0.478 e. The minimum absolute atomic E-state index is 0.0192. The van der Waals surface area contributed by atoms with Crippen LogP contribution in [0.4, 0.5) is 0 Å². The lowest BCUT2D eigenvalue weighted by Gasteiger charge is -2.30. The Kier molecular flexibility index (Phi) is 4.10. The number of rotatable bonds is 5. The monoisotopic (exact) mass is 289 g/mol. The van der Waals surface area contributed by atoms with Crippen molar-refractivity contribution in [3.63, 3.8) is 0 Å². The first-order chi connectivity index (χ1) is 10.2. The molecule has 0 radical (unpaired) electrons. The van der Waals surface area contributed by atoms with Crippen LogP contribution in [-0.2, 0) is 11.2 Å². The predicted octanol–water partition coefficient (Wildman–Crippen LogP) is 1.42. The standard InChI is InChI=1S/C16H23N3O2/c1-2-21-15-7-3-5-12(18-15)11-14(20)19-16-8-4-6-13(16)17-10-9-16/h3,5,7,13,17H,2,4,6,8-11H2,1H3,(H,19,20). The summed E-state index contributed by atoms with van der Waals surface area (Å²) in [4.78, 5) is 16.7. The van der Waals surface area contributed by atoms with E-state index in [0.29, 0.717) is 24.9 Å². The van der Waals surface area contributed by atoms with Crippen LogP contribution in [0.5, 0.6) is 5.88 Å². The van der Waals surface area contributed by atoms with Crippen molar-refractivity contribution in [1.29, 1.82) is 0 Å². The van der Waals surface area contributed by atoms with E-state index in [1.54, 1.807) is 0 Å². The number of fused-ring (bicyclic) bond motifs is 1. The highest BCUT2D eigenvalue weighted by atomic mass is 16.5. The Morgan fingerprint density at radius 3 is 3.29 bits per heavy atom. The molecule has 5 heteroatoms. The number of carbonyl (C=O) groups is 1. The highest BCUT2D eigenvalue weighted by molar-refractivity contribution is 5.79. The smallest absolute Gasteiger partial charge is 0.226 e. The van der Waals surface area contributed by atoms with Gasteiger partial charge in [0.05, 0.1) is 24.3 Å². The first-order valence-corrected chi connectivity index (χ1v) is 7.85. The van der Waals surface area contributed by atoms with Crippen molar-refractivity contribution in [3.05, 3.63) is 23.9 Å². The van der Waals surface area contributed by atoms with Gasteiger partial charge in [0.15, 0.2) is 0 Å². The molecule has 0 aromatic carbocycles. The molecular formula is C16H23N3O2. The fraction of sp³-hybridized carbons (Fsp3) is 0.625. The first-order valence-electron chi connectivity index (χ1n) is 7.85. The van der Waals surface area contributed by atoms with Gasteiger partial charge in [-0.05, 0) is 45.2 Å². The molecule has 2 unspecified atom stereocenters. The molecule has 2 fully saturated rings. The fourth-order valence-electron chi connectivity index (χ4n) is 3.62. The molecule has 1 aromatic rings. The summed E-state index contributed by atoms with van der Waals surface area (Å²) < 4.78 is 5.38. The van der Waals surface area contributed by atoms with Gasteiger partial charge in [0.2, 0.25) is 11.8 Å². The SMILES string of the molecule is CCOc1cccc(CC(=O)NC23CCCC2NCC3)n1. The van der Waals surface area contributed by atoms with Gasteiger partial charge in [0.1, 0.15) is 0 Å². The number of nitrogens with one attached hydrogen (secondary N) is 2. The van der Waals surface area contributed by atoms with Crippen molar-refractivity contribution in [2.24, 2.45) is 0 Å². The lowest BCUT2D eigenvalue weighted by Crippen LogP contribution is -2.53. The fourth-order valence-corrected chi connectivity index (χ4v) is 3.62. The van der Waals surface area contributed by atoms with E-state index in [-0.39, 0.29) is 11.4 Å². The third-order valence-corrected chi connectivity index (χ3v) is 4.55. The molecule has 1 aliphatic carbocycles. The zero-order valence-electron chi connectivity index (χ0n) is 12.5. The topological polar surface area (TPSA) is 63.2 Å². The Labute approximate surface area is 125 Å². The van der Waals surface area contributed by atoms with Gasteiger partial charge in [0.25, 0.3) is 0 Å². The molecule has 2 atom stereocenters. The van der Waals surface area contributed by atoms with Crippen LogP contribution in [-0.4, -0.2) is 35.6 Å². The van der Waals surface area contributed by atoms with Crippen LogP contribution in [0, 0.1) is 0 Å². The van der Waals surface area contributed by atoms with E-state index >= 15 is 0 Å². The highest BCUT2D eigenvalue weighted by Crippen LogP contribution is 2.36. The number of carbonyl (C=O) groups excluding carboxylic acids is 1. The second-order valence-electron chi connectivity index (χ2n) is 5.93. The van der Waals surface area contributed by atoms with Crippen molar-refractivity contribution in [2.75, 3.05) is 13.2 Å².